The van der Waals surface area contributed by atoms with Crippen LogP contribution >= 0.6 is 0 Å². The number of aliphatic hydroxyl groups is 1. The van der Waals surface area contributed by atoms with Gasteiger partial charge in [-0.15, -0.1) is 0 Å². The molecule has 0 saturated heterocycles. The Bertz CT molecular complexity index is 471. The Morgan fingerprint density at radius 3 is 2.59 bits per heavy atom. The van der Waals surface area contributed by atoms with Gasteiger partial charge in [0.2, 0.25) is 0 Å². The van der Waals surface area contributed by atoms with Gasteiger partial charge in [0.1, 0.15) is 5.75 Å². The number of rotatable bonds is 4. The second-order valence-corrected chi connectivity index (χ2v) is 3.81. The summed E-state index contributed by atoms with van der Waals surface area (Å²) < 4.78 is 5.26. The number of methoxy groups -OCH3 is 1. The zero-order valence-electron chi connectivity index (χ0n) is 9.71. The Balaban J connectivity index is 2.16. The molecule has 88 valence electrons. The Morgan fingerprint density at radius 2 is 1.88 bits per heavy atom. The third-order valence-electron chi connectivity index (χ3n) is 2.70. The SMILES string of the molecule is COc1ccccc1CC(O)c1ccncc1. The maximum Gasteiger partial charge on any atom is 0.122 e. The first kappa shape index (κ1) is 11.6. The smallest absolute Gasteiger partial charge is 0.122 e. The Hall–Kier alpha value is -1.87. The van der Waals surface area contributed by atoms with Crippen molar-refractivity contribution in [3.05, 3.63) is 59.9 Å². The average Bonchev–Trinajstić information content (AvgIpc) is 2.40. The fraction of sp³-hybridized carbons (Fsp3) is 0.214. The van der Waals surface area contributed by atoms with Gasteiger partial charge in [0, 0.05) is 18.8 Å². The van der Waals surface area contributed by atoms with Gasteiger partial charge in [0.05, 0.1) is 13.2 Å². The van der Waals surface area contributed by atoms with Crippen LogP contribution in [0.5, 0.6) is 5.75 Å². The Labute approximate surface area is 101 Å². The monoisotopic (exact) mass is 229 g/mol. The van der Waals surface area contributed by atoms with Crippen molar-refractivity contribution < 1.29 is 9.84 Å². The van der Waals surface area contributed by atoms with Gasteiger partial charge in [0.15, 0.2) is 0 Å². The van der Waals surface area contributed by atoms with E-state index >= 15 is 0 Å². The molecule has 1 unspecified atom stereocenters. The lowest BCUT2D eigenvalue weighted by Crippen LogP contribution is -2.03. The maximum atomic E-state index is 10.1. The van der Waals surface area contributed by atoms with E-state index in [9.17, 15) is 5.11 Å². The first-order valence-corrected chi connectivity index (χ1v) is 5.51. The molecule has 1 aromatic carbocycles. The van der Waals surface area contributed by atoms with E-state index in [0.717, 1.165) is 16.9 Å². The molecule has 0 spiro atoms. The number of hydrogen-bond donors (Lipinski definition) is 1. The lowest BCUT2D eigenvalue weighted by molar-refractivity contribution is 0.177. The van der Waals surface area contributed by atoms with Crippen LogP contribution in [0, 0.1) is 0 Å². The van der Waals surface area contributed by atoms with Crippen LogP contribution < -0.4 is 4.74 Å². The molecule has 0 radical (unpaired) electrons. The van der Waals surface area contributed by atoms with E-state index in [-0.39, 0.29) is 0 Å². The average molecular weight is 229 g/mol. The molecule has 0 amide bonds. The third kappa shape index (κ3) is 2.82. The van der Waals surface area contributed by atoms with E-state index in [1.54, 1.807) is 19.5 Å². The van der Waals surface area contributed by atoms with Crippen LogP contribution in [0.2, 0.25) is 0 Å². The molecule has 2 rings (SSSR count). The van der Waals surface area contributed by atoms with Crippen molar-refractivity contribution in [2.24, 2.45) is 0 Å². The van der Waals surface area contributed by atoms with Gasteiger partial charge in [-0.05, 0) is 29.3 Å². The minimum absolute atomic E-state index is 0.533. The molecule has 0 aliphatic carbocycles. The summed E-state index contributed by atoms with van der Waals surface area (Å²) in [7, 11) is 1.64. The molecule has 17 heavy (non-hydrogen) atoms. The summed E-state index contributed by atoms with van der Waals surface area (Å²) in [5.41, 5.74) is 1.87. The van der Waals surface area contributed by atoms with Gasteiger partial charge in [-0.25, -0.2) is 0 Å². The number of ether oxygens (including phenoxy) is 1. The number of nitrogens with zero attached hydrogens (tertiary/aromatic N) is 1. The highest BCUT2D eigenvalue weighted by molar-refractivity contribution is 5.34. The number of aliphatic hydroxyl groups excluding tert-OH is 1. The quantitative estimate of drug-likeness (QED) is 0.875. The zero-order valence-corrected chi connectivity index (χ0v) is 9.71. The summed E-state index contributed by atoms with van der Waals surface area (Å²) in [6.45, 7) is 0. The normalized spacial score (nSPS) is 12.1. The topological polar surface area (TPSA) is 42.4 Å². The van der Waals surface area contributed by atoms with Crippen LogP contribution in [-0.4, -0.2) is 17.2 Å². The molecule has 2 aromatic rings. The highest BCUT2D eigenvalue weighted by Gasteiger charge is 2.11. The minimum atomic E-state index is -0.533. The summed E-state index contributed by atoms with van der Waals surface area (Å²) >= 11 is 0. The number of aromatic nitrogens is 1. The zero-order chi connectivity index (χ0) is 12.1. The third-order valence-corrected chi connectivity index (χ3v) is 2.70. The fourth-order valence-electron chi connectivity index (χ4n) is 1.78. The van der Waals surface area contributed by atoms with Crippen LogP contribution in [0.3, 0.4) is 0 Å². The van der Waals surface area contributed by atoms with Crippen molar-refractivity contribution in [2.75, 3.05) is 7.11 Å². The molecule has 0 saturated carbocycles. The van der Waals surface area contributed by atoms with Gasteiger partial charge in [0.25, 0.3) is 0 Å². The predicted molar refractivity (Wildman–Crippen MR) is 65.9 cm³/mol. The lowest BCUT2D eigenvalue weighted by Gasteiger charge is -2.13. The maximum absolute atomic E-state index is 10.1. The second-order valence-electron chi connectivity index (χ2n) is 3.81. The molecule has 1 aromatic heterocycles. The van der Waals surface area contributed by atoms with E-state index in [1.807, 2.05) is 36.4 Å². The van der Waals surface area contributed by atoms with Crippen molar-refractivity contribution in [3.63, 3.8) is 0 Å². The van der Waals surface area contributed by atoms with Crippen molar-refractivity contribution in [3.8, 4) is 5.75 Å². The molecule has 0 fully saturated rings. The van der Waals surface area contributed by atoms with Gasteiger partial charge < -0.3 is 9.84 Å². The minimum Gasteiger partial charge on any atom is -0.496 e. The fourth-order valence-corrected chi connectivity index (χ4v) is 1.78. The summed E-state index contributed by atoms with van der Waals surface area (Å²) in [5, 5.41) is 10.1. The van der Waals surface area contributed by atoms with Crippen molar-refractivity contribution in [2.45, 2.75) is 12.5 Å². The van der Waals surface area contributed by atoms with Crippen LogP contribution in [-0.2, 0) is 6.42 Å². The standard InChI is InChI=1S/C14H15NO2/c1-17-14-5-3-2-4-12(14)10-13(16)11-6-8-15-9-7-11/h2-9,13,16H,10H2,1H3. The largest absolute Gasteiger partial charge is 0.496 e. The molecule has 1 heterocycles. The predicted octanol–water partition coefficient (Wildman–Crippen LogP) is 2.37. The molecule has 3 nitrogen and oxygen atoms in total. The Kier molecular flexibility index (Phi) is 3.73. The number of para-hydroxylation sites is 1. The van der Waals surface area contributed by atoms with Gasteiger partial charge >= 0.3 is 0 Å². The van der Waals surface area contributed by atoms with Gasteiger partial charge in [-0.3, -0.25) is 4.98 Å². The lowest BCUT2D eigenvalue weighted by atomic mass is 10.0. The highest BCUT2D eigenvalue weighted by Crippen LogP contribution is 2.24. The van der Waals surface area contributed by atoms with E-state index in [1.165, 1.54) is 0 Å². The molecule has 0 aliphatic rings. The van der Waals surface area contributed by atoms with E-state index in [2.05, 4.69) is 4.98 Å². The molecule has 1 N–H and O–H groups in total. The van der Waals surface area contributed by atoms with Crippen LogP contribution in [0.1, 0.15) is 17.2 Å². The summed E-state index contributed by atoms with van der Waals surface area (Å²) in [4.78, 5) is 3.93. The van der Waals surface area contributed by atoms with Crippen molar-refractivity contribution in [1.82, 2.24) is 4.98 Å². The number of pyridine rings is 1. The van der Waals surface area contributed by atoms with E-state index in [0.29, 0.717) is 6.42 Å². The second kappa shape index (κ2) is 5.46. The first-order chi connectivity index (χ1) is 8.31. The molecular weight excluding hydrogens is 214 g/mol. The van der Waals surface area contributed by atoms with Crippen LogP contribution in [0.15, 0.2) is 48.8 Å². The summed E-state index contributed by atoms with van der Waals surface area (Å²) in [6, 6.07) is 11.4. The number of benzene rings is 1. The molecule has 0 aliphatic heterocycles. The van der Waals surface area contributed by atoms with E-state index in [4.69, 9.17) is 4.74 Å². The molecule has 1 atom stereocenters. The molecule has 3 heteroatoms. The first-order valence-electron chi connectivity index (χ1n) is 5.51. The van der Waals surface area contributed by atoms with Crippen molar-refractivity contribution >= 4 is 0 Å². The van der Waals surface area contributed by atoms with Gasteiger partial charge in [-0.2, -0.15) is 0 Å². The van der Waals surface area contributed by atoms with Crippen LogP contribution in [0.4, 0.5) is 0 Å². The Morgan fingerprint density at radius 1 is 1.18 bits per heavy atom. The summed E-state index contributed by atoms with van der Waals surface area (Å²) in [6.07, 6.45) is 3.37. The van der Waals surface area contributed by atoms with Gasteiger partial charge in [-0.1, -0.05) is 18.2 Å². The van der Waals surface area contributed by atoms with Crippen molar-refractivity contribution in [1.29, 1.82) is 0 Å². The van der Waals surface area contributed by atoms with E-state index < -0.39 is 6.10 Å². The van der Waals surface area contributed by atoms with Crippen LogP contribution in [0.25, 0.3) is 0 Å². The molecule has 0 bridgehead atoms. The molecular formula is C14H15NO2. The number of hydrogen-bond acceptors (Lipinski definition) is 3. The highest BCUT2D eigenvalue weighted by atomic mass is 16.5. The summed E-state index contributed by atoms with van der Waals surface area (Å²) in [5.74, 6) is 0.806.